The molecule has 2 saturated heterocycles. The summed E-state index contributed by atoms with van der Waals surface area (Å²) in [6.45, 7) is 3.00. The molecule has 2 aliphatic rings. The smallest absolute Gasteiger partial charge is 0.408 e. The van der Waals surface area contributed by atoms with Gasteiger partial charge in [0.25, 0.3) is 5.91 Å². The summed E-state index contributed by atoms with van der Waals surface area (Å²) < 4.78 is 13.0. The average Bonchev–Trinajstić information content (AvgIpc) is 3.04. The Balaban J connectivity index is 1.71. The Bertz CT molecular complexity index is 786. The highest BCUT2D eigenvalue weighted by atomic mass is 19.1. The van der Waals surface area contributed by atoms with Crippen LogP contribution in [-0.4, -0.2) is 68.2 Å². The van der Waals surface area contributed by atoms with Crippen LogP contribution in [0.1, 0.15) is 32.3 Å². The molecule has 3 unspecified atom stereocenters. The van der Waals surface area contributed by atoms with E-state index in [1.807, 2.05) is 0 Å². The molecule has 152 valence electrons. The van der Waals surface area contributed by atoms with E-state index in [4.69, 9.17) is 0 Å². The van der Waals surface area contributed by atoms with E-state index in [1.54, 1.807) is 13.8 Å². The van der Waals surface area contributed by atoms with E-state index < -0.39 is 42.1 Å². The number of aliphatic hydroxyl groups excluding tert-OH is 1. The zero-order chi connectivity index (χ0) is 20.6. The number of hydrogen-bond donors (Lipinski definition) is 3. The minimum atomic E-state index is -1.17. The monoisotopic (exact) mass is 393 g/mol. The summed E-state index contributed by atoms with van der Waals surface area (Å²) in [5, 5.41) is 21.9. The van der Waals surface area contributed by atoms with Crippen molar-refractivity contribution in [3.63, 3.8) is 0 Å². The van der Waals surface area contributed by atoms with Gasteiger partial charge in [0.1, 0.15) is 17.4 Å². The van der Waals surface area contributed by atoms with Gasteiger partial charge >= 0.3 is 6.09 Å². The number of rotatable bonds is 5. The van der Waals surface area contributed by atoms with E-state index in [2.05, 4.69) is 5.32 Å². The van der Waals surface area contributed by atoms with E-state index in [9.17, 15) is 29.0 Å². The van der Waals surface area contributed by atoms with Crippen LogP contribution in [0.15, 0.2) is 24.3 Å². The second kappa shape index (κ2) is 7.38. The van der Waals surface area contributed by atoms with Gasteiger partial charge in [-0.25, -0.2) is 9.18 Å². The Morgan fingerprint density at radius 1 is 1.32 bits per heavy atom. The van der Waals surface area contributed by atoms with Crippen LogP contribution in [0.3, 0.4) is 0 Å². The van der Waals surface area contributed by atoms with Crippen LogP contribution >= 0.6 is 0 Å². The van der Waals surface area contributed by atoms with Gasteiger partial charge in [0, 0.05) is 12.6 Å². The quantitative estimate of drug-likeness (QED) is 0.645. The zero-order valence-electron chi connectivity index (χ0n) is 15.8. The molecule has 0 aromatic heterocycles. The van der Waals surface area contributed by atoms with Gasteiger partial charge < -0.3 is 20.4 Å². The molecule has 8 nitrogen and oxygen atoms in total. The molecule has 2 fully saturated rings. The summed E-state index contributed by atoms with van der Waals surface area (Å²) >= 11 is 0. The third-order valence-corrected chi connectivity index (χ3v) is 5.92. The van der Waals surface area contributed by atoms with E-state index in [-0.39, 0.29) is 18.4 Å². The number of carbonyl (C=O) groups excluding carboxylic acids is 2. The molecular weight excluding hydrogens is 369 g/mol. The predicted octanol–water partition coefficient (Wildman–Crippen LogP) is 0.935. The number of halogens is 1. The molecule has 3 N–H and O–H groups in total. The van der Waals surface area contributed by atoms with Crippen molar-refractivity contribution < 1.29 is 29.0 Å². The highest BCUT2D eigenvalue weighted by molar-refractivity contribution is 6.00. The third-order valence-electron chi connectivity index (χ3n) is 5.92. The maximum atomic E-state index is 13.0. The van der Waals surface area contributed by atoms with Gasteiger partial charge in [-0.1, -0.05) is 12.1 Å². The Morgan fingerprint density at radius 3 is 2.50 bits per heavy atom. The molecule has 0 radical (unpaired) electrons. The van der Waals surface area contributed by atoms with Crippen molar-refractivity contribution in [3.05, 3.63) is 35.6 Å². The van der Waals surface area contributed by atoms with Gasteiger partial charge in [0.2, 0.25) is 5.91 Å². The highest BCUT2D eigenvalue weighted by Gasteiger charge is 2.68. The van der Waals surface area contributed by atoms with Crippen LogP contribution in [0.25, 0.3) is 0 Å². The largest absolute Gasteiger partial charge is 0.465 e. The lowest BCUT2D eigenvalue weighted by Gasteiger charge is -2.58. The van der Waals surface area contributed by atoms with Crippen molar-refractivity contribution in [2.75, 3.05) is 6.61 Å². The van der Waals surface area contributed by atoms with Crippen molar-refractivity contribution in [2.45, 2.75) is 56.9 Å². The molecule has 2 aliphatic heterocycles. The maximum Gasteiger partial charge on any atom is 0.408 e. The fraction of sp³-hybridized carbons (Fsp3) is 0.526. The van der Waals surface area contributed by atoms with Gasteiger partial charge in [-0.05, 0) is 44.4 Å². The molecule has 3 rings (SSSR count). The number of carbonyl (C=O) groups is 3. The normalized spacial score (nSPS) is 27.6. The predicted molar refractivity (Wildman–Crippen MR) is 96.7 cm³/mol. The summed E-state index contributed by atoms with van der Waals surface area (Å²) in [4.78, 5) is 39.6. The molecule has 0 saturated carbocycles. The SMILES string of the molecule is CC1CCC2(C(=O)N([C@@H](CO)C(=O)NCc3ccc(F)cc3)C2C)N1C(=O)O. The number of amides is 3. The molecule has 3 amide bonds. The number of nitrogens with zero attached hydrogens (tertiary/aromatic N) is 2. The van der Waals surface area contributed by atoms with Gasteiger partial charge in [0.15, 0.2) is 0 Å². The Morgan fingerprint density at radius 2 is 1.96 bits per heavy atom. The fourth-order valence-electron chi connectivity index (χ4n) is 4.41. The van der Waals surface area contributed by atoms with Crippen LogP contribution in [0, 0.1) is 5.82 Å². The topological polar surface area (TPSA) is 110 Å². The lowest BCUT2D eigenvalue weighted by atomic mass is 9.76. The van der Waals surface area contributed by atoms with Crippen molar-refractivity contribution in [1.82, 2.24) is 15.1 Å². The van der Waals surface area contributed by atoms with Crippen LogP contribution in [-0.2, 0) is 16.1 Å². The first-order valence-corrected chi connectivity index (χ1v) is 9.22. The number of nitrogens with one attached hydrogen (secondary N) is 1. The maximum absolute atomic E-state index is 13.0. The molecule has 1 aromatic carbocycles. The first-order chi connectivity index (χ1) is 13.2. The van der Waals surface area contributed by atoms with Crippen molar-refractivity contribution in [3.8, 4) is 0 Å². The number of carboxylic acid groups (broad SMARTS) is 1. The standard InChI is InChI=1S/C19H24FN3O5/c1-11-7-8-19(23(11)18(27)28)12(2)22(17(19)26)15(10-24)16(25)21-9-13-3-5-14(20)6-4-13/h3-6,11-12,15,24H,7-10H2,1-2H3,(H,21,25)(H,27,28)/t11?,12?,15-,19?/m0/s1. The average molecular weight is 393 g/mol. The molecule has 1 spiro atoms. The summed E-state index contributed by atoms with van der Waals surface area (Å²) in [7, 11) is 0. The number of benzene rings is 1. The first-order valence-electron chi connectivity index (χ1n) is 9.22. The lowest BCUT2D eigenvalue weighted by Crippen LogP contribution is -2.81. The minimum Gasteiger partial charge on any atom is -0.465 e. The molecule has 1 aromatic rings. The number of likely N-dealkylation sites (tertiary alicyclic amines) is 2. The van der Waals surface area contributed by atoms with Crippen molar-refractivity contribution in [2.24, 2.45) is 0 Å². The Hall–Kier alpha value is -2.68. The van der Waals surface area contributed by atoms with E-state index in [0.717, 1.165) is 0 Å². The summed E-state index contributed by atoms with van der Waals surface area (Å²) in [5.41, 5.74) is -0.497. The lowest BCUT2D eigenvalue weighted by molar-refractivity contribution is -0.180. The first kappa shape index (κ1) is 20.1. The van der Waals surface area contributed by atoms with Gasteiger partial charge in [-0.3, -0.25) is 14.5 Å². The van der Waals surface area contributed by atoms with Crippen LogP contribution in [0.2, 0.25) is 0 Å². The third kappa shape index (κ3) is 2.99. The molecule has 0 aliphatic carbocycles. The summed E-state index contributed by atoms with van der Waals surface area (Å²) in [6.07, 6.45) is -0.200. The minimum absolute atomic E-state index is 0.120. The van der Waals surface area contributed by atoms with Crippen molar-refractivity contribution >= 4 is 17.9 Å². The summed E-state index contributed by atoms with van der Waals surface area (Å²) in [5.74, 6) is -1.39. The van der Waals surface area contributed by atoms with Crippen LogP contribution < -0.4 is 5.32 Å². The van der Waals surface area contributed by atoms with Crippen LogP contribution in [0.5, 0.6) is 0 Å². The Labute approximate surface area is 161 Å². The highest BCUT2D eigenvalue weighted by Crippen LogP contribution is 2.47. The molecular formula is C19H24FN3O5. The fourth-order valence-corrected chi connectivity index (χ4v) is 4.41. The van der Waals surface area contributed by atoms with E-state index in [0.29, 0.717) is 18.4 Å². The molecule has 0 bridgehead atoms. The number of aliphatic hydroxyl groups is 1. The molecule has 2 heterocycles. The summed E-state index contributed by atoms with van der Waals surface area (Å²) in [6, 6.07) is 3.68. The van der Waals surface area contributed by atoms with Crippen LogP contribution in [0.4, 0.5) is 9.18 Å². The second-order valence-electron chi connectivity index (χ2n) is 7.40. The van der Waals surface area contributed by atoms with Crippen molar-refractivity contribution in [1.29, 1.82) is 0 Å². The molecule has 28 heavy (non-hydrogen) atoms. The zero-order valence-corrected chi connectivity index (χ0v) is 15.8. The number of β-lactam (4-membered cyclic amide) rings is 1. The molecule has 9 heteroatoms. The number of hydrogen-bond acceptors (Lipinski definition) is 4. The Kier molecular flexibility index (Phi) is 5.29. The second-order valence-corrected chi connectivity index (χ2v) is 7.40. The molecule has 4 atom stereocenters. The van der Waals surface area contributed by atoms with Gasteiger partial charge in [0.05, 0.1) is 12.6 Å². The van der Waals surface area contributed by atoms with Gasteiger partial charge in [-0.2, -0.15) is 0 Å². The van der Waals surface area contributed by atoms with E-state index in [1.165, 1.54) is 34.1 Å². The van der Waals surface area contributed by atoms with Gasteiger partial charge in [-0.15, -0.1) is 0 Å². The van der Waals surface area contributed by atoms with E-state index >= 15 is 0 Å².